The van der Waals surface area contributed by atoms with Crippen LogP contribution in [-0.4, -0.2) is 10.8 Å². The molecule has 0 aliphatic carbocycles. The number of nitrogens with one attached hydrogen (secondary N) is 1. The Morgan fingerprint density at radius 2 is 1.75 bits per heavy atom. The molecule has 0 fully saturated rings. The lowest BCUT2D eigenvalue weighted by Gasteiger charge is -2.38. The third-order valence-electron chi connectivity index (χ3n) is 4.50. The van der Waals surface area contributed by atoms with Crippen molar-refractivity contribution in [3.63, 3.8) is 0 Å². The zero-order chi connectivity index (χ0) is 19.8. The third-order valence-corrected chi connectivity index (χ3v) is 5.24. The number of nitro groups is 1. The first-order chi connectivity index (χ1) is 13.5. The van der Waals surface area contributed by atoms with E-state index in [-0.39, 0.29) is 11.6 Å². The zero-order valence-corrected chi connectivity index (χ0v) is 15.8. The van der Waals surface area contributed by atoms with Crippen LogP contribution in [-0.2, 0) is 0 Å². The minimum absolute atomic E-state index is 0.0558. The molecule has 8 heteroatoms. The second-order valence-corrected chi connectivity index (χ2v) is 7.03. The lowest BCUT2D eigenvalue weighted by molar-refractivity contribution is -0.384. The fourth-order valence-corrected chi connectivity index (χ4v) is 3.49. The number of benzene rings is 3. The monoisotopic (exact) mass is 413 g/mol. The molecule has 0 aromatic heterocycles. The molecule has 0 unspecified atom stereocenters. The van der Waals surface area contributed by atoms with Crippen molar-refractivity contribution in [3.8, 4) is 0 Å². The summed E-state index contributed by atoms with van der Waals surface area (Å²) in [4.78, 5) is 25.5. The SMILES string of the molecule is O=C1c2ccccc2N[C@@H](c2cccc([N+](=O)[O-])c2)N1c1ccc(Cl)c(Cl)c1. The molecule has 1 aliphatic rings. The lowest BCUT2D eigenvalue weighted by Crippen LogP contribution is -2.43. The highest BCUT2D eigenvalue weighted by Gasteiger charge is 2.34. The van der Waals surface area contributed by atoms with Crippen LogP contribution in [0.5, 0.6) is 0 Å². The Labute approximate surface area is 170 Å². The molecule has 0 saturated heterocycles. The summed E-state index contributed by atoms with van der Waals surface area (Å²) in [6.07, 6.45) is -0.653. The Morgan fingerprint density at radius 1 is 0.964 bits per heavy atom. The zero-order valence-electron chi connectivity index (χ0n) is 14.3. The summed E-state index contributed by atoms with van der Waals surface area (Å²) in [5, 5.41) is 15.2. The Kier molecular flexibility index (Phi) is 4.66. The topological polar surface area (TPSA) is 75.5 Å². The maximum absolute atomic E-state index is 13.3. The van der Waals surface area contributed by atoms with Gasteiger partial charge in [-0.1, -0.05) is 47.5 Å². The van der Waals surface area contributed by atoms with Crippen LogP contribution in [0.3, 0.4) is 0 Å². The van der Waals surface area contributed by atoms with Gasteiger partial charge >= 0.3 is 0 Å². The Bertz CT molecular complexity index is 1100. The summed E-state index contributed by atoms with van der Waals surface area (Å²) >= 11 is 12.2. The van der Waals surface area contributed by atoms with Gasteiger partial charge in [0, 0.05) is 29.1 Å². The summed E-state index contributed by atoms with van der Waals surface area (Å²) in [6.45, 7) is 0. The number of non-ortho nitro benzene ring substituents is 1. The molecule has 6 nitrogen and oxygen atoms in total. The van der Waals surface area contributed by atoms with Crippen molar-refractivity contribution in [2.45, 2.75) is 6.17 Å². The molecule has 1 amide bonds. The highest BCUT2D eigenvalue weighted by atomic mass is 35.5. The van der Waals surface area contributed by atoms with E-state index in [1.807, 2.05) is 6.07 Å². The first-order valence-electron chi connectivity index (χ1n) is 8.34. The summed E-state index contributed by atoms with van der Waals surface area (Å²) in [7, 11) is 0. The van der Waals surface area contributed by atoms with Gasteiger partial charge < -0.3 is 5.32 Å². The first-order valence-corrected chi connectivity index (χ1v) is 9.10. The fourth-order valence-electron chi connectivity index (χ4n) is 3.20. The average molecular weight is 414 g/mol. The van der Waals surface area contributed by atoms with E-state index in [4.69, 9.17) is 23.2 Å². The molecule has 3 aromatic carbocycles. The van der Waals surface area contributed by atoms with E-state index < -0.39 is 11.1 Å². The number of fused-ring (bicyclic) bond motifs is 1. The second kappa shape index (κ2) is 7.14. The van der Waals surface area contributed by atoms with Gasteiger partial charge in [-0.25, -0.2) is 0 Å². The molecule has 28 heavy (non-hydrogen) atoms. The van der Waals surface area contributed by atoms with Crippen LogP contribution >= 0.6 is 23.2 Å². The molecule has 3 aromatic rings. The van der Waals surface area contributed by atoms with Gasteiger partial charge in [0.2, 0.25) is 0 Å². The van der Waals surface area contributed by atoms with Gasteiger partial charge in [-0.3, -0.25) is 19.8 Å². The van der Waals surface area contributed by atoms with Crippen molar-refractivity contribution < 1.29 is 9.72 Å². The highest BCUT2D eigenvalue weighted by molar-refractivity contribution is 6.42. The Morgan fingerprint density at radius 3 is 2.50 bits per heavy atom. The summed E-state index contributed by atoms with van der Waals surface area (Å²) in [5.41, 5.74) is 2.19. The largest absolute Gasteiger partial charge is 0.360 e. The minimum Gasteiger partial charge on any atom is -0.360 e. The number of halogens is 2. The van der Waals surface area contributed by atoms with Crippen LogP contribution in [0.1, 0.15) is 22.1 Å². The number of anilines is 2. The normalized spacial score (nSPS) is 15.7. The standard InChI is InChI=1S/C20H13Cl2N3O3/c21-16-9-8-13(11-17(16)22)24-19(12-4-3-5-14(10-12)25(27)28)23-18-7-2-1-6-15(18)20(24)26/h1-11,19,23H/t19-/m1/s1. The predicted molar refractivity (Wildman–Crippen MR) is 109 cm³/mol. The molecular formula is C20H13Cl2N3O3. The average Bonchev–Trinajstić information content (AvgIpc) is 2.70. The molecule has 1 heterocycles. The van der Waals surface area contributed by atoms with E-state index >= 15 is 0 Å². The van der Waals surface area contributed by atoms with Crippen molar-refractivity contribution in [2.24, 2.45) is 0 Å². The molecule has 0 bridgehead atoms. The molecule has 4 rings (SSSR count). The number of carbonyl (C=O) groups excluding carboxylic acids is 1. The van der Waals surface area contributed by atoms with Gasteiger partial charge in [0.25, 0.3) is 11.6 Å². The van der Waals surface area contributed by atoms with Crippen LogP contribution in [0, 0.1) is 10.1 Å². The lowest BCUT2D eigenvalue weighted by atomic mass is 10.0. The quantitative estimate of drug-likeness (QED) is 0.443. The molecule has 1 atom stereocenters. The summed E-state index contributed by atoms with van der Waals surface area (Å²) < 4.78 is 0. The molecular weight excluding hydrogens is 401 g/mol. The second-order valence-electron chi connectivity index (χ2n) is 6.22. The number of carbonyl (C=O) groups is 1. The van der Waals surface area contributed by atoms with Crippen LogP contribution in [0.25, 0.3) is 0 Å². The van der Waals surface area contributed by atoms with Crippen LogP contribution < -0.4 is 10.2 Å². The number of rotatable bonds is 3. The van der Waals surface area contributed by atoms with E-state index in [2.05, 4.69) is 5.32 Å². The number of hydrogen-bond acceptors (Lipinski definition) is 4. The van der Waals surface area contributed by atoms with Crippen molar-refractivity contribution in [1.82, 2.24) is 0 Å². The maximum atomic E-state index is 13.3. The van der Waals surface area contributed by atoms with Gasteiger partial charge in [-0.05, 0) is 30.3 Å². The van der Waals surface area contributed by atoms with E-state index in [0.717, 1.165) is 0 Å². The number of nitrogens with zero attached hydrogens (tertiary/aromatic N) is 2. The molecule has 0 saturated carbocycles. The molecule has 1 N–H and O–H groups in total. The minimum atomic E-state index is -0.653. The van der Waals surface area contributed by atoms with Gasteiger partial charge in [0.1, 0.15) is 6.17 Å². The third kappa shape index (κ3) is 3.17. The van der Waals surface area contributed by atoms with E-state index in [0.29, 0.717) is 32.5 Å². The van der Waals surface area contributed by atoms with Gasteiger partial charge in [0.05, 0.1) is 20.5 Å². The van der Waals surface area contributed by atoms with Crippen LogP contribution in [0.15, 0.2) is 66.7 Å². The van der Waals surface area contributed by atoms with E-state index in [1.165, 1.54) is 17.0 Å². The smallest absolute Gasteiger partial charge is 0.269 e. The van der Waals surface area contributed by atoms with Gasteiger partial charge in [-0.15, -0.1) is 0 Å². The predicted octanol–water partition coefficient (Wildman–Crippen LogP) is 5.67. The van der Waals surface area contributed by atoms with Crippen LogP contribution in [0.2, 0.25) is 10.0 Å². The Hall–Kier alpha value is -3.09. The summed E-state index contributed by atoms with van der Waals surface area (Å²) in [6, 6.07) is 18.2. The van der Waals surface area contributed by atoms with E-state index in [9.17, 15) is 14.9 Å². The number of hydrogen-bond donors (Lipinski definition) is 1. The number of amides is 1. The van der Waals surface area contributed by atoms with Gasteiger partial charge in [-0.2, -0.15) is 0 Å². The molecule has 1 aliphatic heterocycles. The molecule has 140 valence electrons. The highest BCUT2D eigenvalue weighted by Crippen LogP contribution is 2.39. The molecule has 0 spiro atoms. The molecule has 0 radical (unpaired) electrons. The maximum Gasteiger partial charge on any atom is 0.269 e. The fraction of sp³-hybridized carbons (Fsp3) is 0.0500. The van der Waals surface area contributed by atoms with E-state index in [1.54, 1.807) is 48.5 Å². The first kappa shape index (κ1) is 18.3. The van der Waals surface area contributed by atoms with Crippen molar-refractivity contribution >= 4 is 46.2 Å². The van der Waals surface area contributed by atoms with Crippen molar-refractivity contribution in [2.75, 3.05) is 10.2 Å². The Balaban J connectivity index is 1.88. The van der Waals surface area contributed by atoms with Crippen molar-refractivity contribution in [3.05, 3.63) is 98.0 Å². The van der Waals surface area contributed by atoms with Crippen molar-refractivity contribution in [1.29, 1.82) is 0 Å². The van der Waals surface area contributed by atoms with Crippen LogP contribution in [0.4, 0.5) is 17.1 Å². The number of para-hydroxylation sites is 1. The number of nitro benzene ring substituents is 1. The van der Waals surface area contributed by atoms with Gasteiger partial charge in [0.15, 0.2) is 0 Å². The summed E-state index contributed by atoms with van der Waals surface area (Å²) in [5.74, 6) is -0.246.